The molecule has 17 heavy (non-hydrogen) atoms. The topological polar surface area (TPSA) is 64.2 Å². The largest absolute Gasteiger partial charge is 0.333 e. The van der Waals surface area contributed by atoms with Gasteiger partial charge in [0.05, 0.1) is 24.3 Å². The van der Waals surface area contributed by atoms with Gasteiger partial charge in [-0.05, 0) is 13.3 Å². The van der Waals surface area contributed by atoms with Gasteiger partial charge in [-0.25, -0.2) is 4.98 Å². The standard InChI is InChI=1S/C12H20N4O/c1-3-5-16-11(17)6-9(13)12(16)10-7-14-8-15(10)4-2/h7-9,12H,3-6,13H2,1-2H3. The number of aromatic nitrogens is 2. The second kappa shape index (κ2) is 4.87. The fourth-order valence-corrected chi connectivity index (χ4v) is 2.54. The molecule has 2 N–H and O–H groups in total. The number of hydrogen-bond acceptors (Lipinski definition) is 3. The van der Waals surface area contributed by atoms with Crippen molar-refractivity contribution in [2.45, 2.75) is 45.3 Å². The van der Waals surface area contributed by atoms with Crippen molar-refractivity contribution < 1.29 is 4.79 Å². The average molecular weight is 236 g/mol. The van der Waals surface area contributed by atoms with Crippen molar-refractivity contribution in [1.82, 2.24) is 14.5 Å². The first-order valence-corrected chi connectivity index (χ1v) is 6.24. The lowest BCUT2D eigenvalue weighted by molar-refractivity contribution is -0.129. The van der Waals surface area contributed by atoms with Crippen LogP contribution in [0.2, 0.25) is 0 Å². The maximum Gasteiger partial charge on any atom is 0.224 e. The fraction of sp³-hybridized carbons (Fsp3) is 0.667. The molecule has 1 aromatic rings. The number of imidazole rings is 1. The monoisotopic (exact) mass is 236 g/mol. The quantitative estimate of drug-likeness (QED) is 0.845. The Bertz CT molecular complexity index is 401. The highest BCUT2D eigenvalue weighted by molar-refractivity contribution is 5.80. The van der Waals surface area contributed by atoms with E-state index in [4.69, 9.17) is 5.73 Å². The van der Waals surface area contributed by atoms with Crippen LogP contribution in [0.15, 0.2) is 12.5 Å². The van der Waals surface area contributed by atoms with E-state index in [1.807, 2.05) is 11.1 Å². The molecule has 0 spiro atoms. The van der Waals surface area contributed by atoms with E-state index < -0.39 is 0 Å². The van der Waals surface area contributed by atoms with Crippen LogP contribution in [-0.2, 0) is 11.3 Å². The zero-order valence-electron chi connectivity index (χ0n) is 10.5. The van der Waals surface area contributed by atoms with Gasteiger partial charge >= 0.3 is 0 Å². The molecule has 2 heterocycles. The van der Waals surface area contributed by atoms with Gasteiger partial charge in [-0.1, -0.05) is 6.92 Å². The van der Waals surface area contributed by atoms with Gasteiger partial charge in [-0.3, -0.25) is 4.79 Å². The molecule has 1 saturated heterocycles. The molecule has 94 valence electrons. The van der Waals surface area contributed by atoms with Gasteiger partial charge < -0.3 is 15.2 Å². The van der Waals surface area contributed by atoms with Gasteiger partial charge in [0, 0.05) is 25.6 Å². The van der Waals surface area contributed by atoms with E-state index in [2.05, 4.69) is 23.4 Å². The Morgan fingerprint density at radius 1 is 1.53 bits per heavy atom. The number of nitrogens with two attached hydrogens (primary N) is 1. The molecule has 2 unspecified atom stereocenters. The molecule has 2 atom stereocenters. The van der Waals surface area contributed by atoms with Crippen molar-refractivity contribution in [2.75, 3.05) is 6.54 Å². The molecule has 1 fully saturated rings. The van der Waals surface area contributed by atoms with E-state index in [0.29, 0.717) is 6.42 Å². The Balaban J connectivity index is 2.31. The van der Waals surface area contributed by atoms with Gasteiger partial charge in [0.2, 0.25) is 5.91 Å². The van der Waals surface area contributed by atoms with Crippen LogP contribution in [-0.4, -0.2) is 32.9 Å². The first-order valence-electron chi connectivity index (χ1n) is 6.24. The van der Waals surface area contributed by atoms with Crippen LogP contribution < -0.4 is 5.73 Å². The summed E-state index contributed by atoms with van der Waals surface area (Å²) in [6.07, 6.45) is 5.03. The molecule has 1 aliphatic rings. The summed E-state index contributed by atoms with van der Waals surface area (Å²) in [5.41, 5.74) is 7.16. The van der Waals surface area contributed by atoms with E-state index in [1.54, 1.807) is 6.33 Å². The van der Waals surface area contributed by atoms with Crippen molar-refractivity contribution in [1.29, 1.82) is 0 Å². The first-order chi connectivity index (χ1) is 8.19. The highest BCUT2D eigenvalue weighted by Gasteiger charge is 2.39. The molecule has 2 rings (SSSR count). The third-order valence-electron chi connectivity index (χ3n) is 3.32. The number of nitrogens with zero attached hydrogens (tertiary/aromatic N) is 3. The fourth-order valence-electron chi connectivity index (χ4n) is 2.54. The highest BCUT2D eigenvalue weighted by Crippen LogP contribution is 2.31. The van der Waals surface area contributed by atoms with E-state index in [0.717, 1.165) is 25.2 Å². The van der Waals surface area contributed by atoms with Crippen LogP contribution >= 0.6 is 0 Å². The summed E-state index contributed by atoms with van der Waals surface area (Å²) >= 11 is 0. The SMILES string of the molecule is CCCN1C(=O)CC(N)C1c1cncn1CC. The predicted molar refractivity (Wildman–Crippen MR) is 65.2 cm³/mol. The van der Waals surface area contributed by atoms with Crippen LogP contribution in [0.3, 0.4) is 0 Å². The Hall–Kier alpha value is -1.36. The molecule has 0 aliphatic carbocycles. The second-order valence-electron chi connectivity index (χ2n) is 4.50. The molecule has 0 saturated carbocycles. The third-order valence-corrected chi connectivity index (χ3v) is 3.32. The third kappa shape index (κ3) is 2.07. The Morgan fingerprint density at radius 2 is 2.29 bits per heavy atom. The van der Waals surface area contributed by atoms with Crippen molar-refractivity contribution in [2.24, 2.45) is 5.73 Å². The van der Waals surface area contributed by atoms with Crippen LogP contribution in [0.25, 0.3) is 0 Å². The van der Waals surface area contributed by atoms with Crippen LogP contribution in [0.5, 0.6) is 0 Å². The second-order valence-corrected chi connectivity index (χ2v) is 4.50. The van der Waals surface area contributed by atoms with Gasteiger partial charge in [0.1, 0.15) is 0 Å². The maximum absolute atomic E-state index is 11.9. The predicted octanol–water partition coefficient (Wildman–Crippen LogP) is 0.914. The maximum atomic E-state index is 11.9. The number of amides is 1. The number of aryl methyl sites for hydroxylation is 1. The Morgan fingerprint density at radius 3 is 2.94 bits per heavy atom. The van der Waals surface area contributed by atoms with E-state index >= 15 is 0 Å². The molecular formula is C12H20N4O. The minimum atomic E-state index is -0.115. The zero-order chi connectivity index (χ0) is 12.4. The minimum absolute atomic E-state index is 0.00935. The zero-order valence-corrected chi connectivity index (χ0v) is 10.5. The summed E-state index contributed by atoms with van der Waals surface area (Å²) in [6.45, 7) is 5.77. The smallest absolute Gasteiger partial charge is 0.224 e. The number of carbonyl (C=O) groups excluding carboxylic acids is 1. The van der Waals surface area contributed by atoms with E-state index in [-0.39, 0.29) is 18.0 Å². The number of carbonyl (C=O) groups is 1. The van der Waals surface area contributed by atoms with Gasteiger partial charge in [0.25, 0.3) is 0 Å². The average Bonchev–Trinajstić information content (AvgIpc) is 2.85. The van der Waals surface area contributed by atoms with Crippen LogP contribution in [0.1, 0.15) is 38.4 Å². The Labute approximate surface area is 102 Å². The van der Waals surface area contributed by atoms with Gasteiger partial charge in [-0.15, -0.1) is 0 Å². The lowest BCUT2D eigenvalue weighted by Gasteiger charge is -2.27. The molecule has 5 nitrogen and oxygen atoms in total. The van der Waals surface area contributed by atoms with Crippen LogP contribution in [0, 0.1) is 0 Å². The van der Waals surface area contributed by atoms with Crippen LogP contribution in [0.4, 0.5) is 0 Å². The molecule has 1 amide bonds. The molecule has 0 radical (unpaired) electrons. The van der Waals surface area contributed by atoms with Crippen molar-refractivity contribution in [3.8, 4) is 0 Å². The summed E-state index contributed by atoms with van der Waals surface area (Å²) in [5.74, 6) is 0.160. The number of likely N-dealkylation sites (tertiary alicyclic amines) is 1. The lowest BCUT2D eigenvalue weighted by atomic mass is 10.1. The lowest BCUT2D eigenvalue weighted by Crippen LogP contribution is -2.34. The van der Waals surface area contributed by atoms with E-state index in [9.17, 15) is 4.79 Å². The summed E-state index contributed by atoms with van der Waals surface area (Å²) in [5, 5.41) is 0. The molecule has 1 aliphatic heterocycles. The Kier molecular flexibility index (Phi) is 3.47. The molecule has 0 bridgehead atoms. The van der Waals surface area contributed by atoms with Gasteiger partial charge in [0.15, 0.2) is 0 Å². The normalized spacial score (nSPS) is 24.6. The molecular weight excluding hydrogens is 216 g/mol. The highest BCUT2D eigenvalue weighted by atomic mass is 16.2. The van der Waals surface area contributed by atoms with Gasteiger partial charge in [-0.2, -0.15) is 0 Å². The summed E-state index contributed by atoms with van der Waals surface area (Å²) < 4.78 is 2.06. The number of rotatable bonds is 4. The minimum Gasteiger partial charge on any atom is -0.333 e. The molecule has 0 aromatic carbocycles. The summed E-state index contributed by atoms with van der Waals surface area (Å²) in [7, 11) is 0. The van der Waals surface area contributed by atoms with Crippen molar-refractivity contribution >= 4 is 5.91 Å². The van der Waals surface area contributed by atoms with E-state index in [1.165, 1.54) is 0 Å². The summed E-state index contributed by atoms with van der Waals surface area (Å²) in [6, 6.07) is -0.124. The van der Waals surface area contributed by atoms with Crippen molar-refractivity contribution in [3.63, 3.8) is 0 Å². The summed E-state index contributed by atoms with van der Waals surface area (Å²) in [4.78, 5) is 18.0. The first kappa shape index (κ1) is 12.1. The molecule has 5 heteroatoms. The van der Waals surface area contributed by atoms with Crippen molar-refractivity contribution in [3.05, 3.63) is 18.2 Å². The number of hydrogen-bond donors (Lipinski definition) is 1. The molecule has 1 aromatic heterocycles.